The summed E-state index contributed by atoms with van der Waals surface area (Å²) in [7, 11) is 1.49. The van der Waals surface area contributed by atoms with E-state index in [-0.39, 0.29) is 11.7 Å². The molecule has 4 rings (SSSR count). The number of nitrogens with zero attached hydrogens (tertiary/aromatic N) is 2. The first-order chi connectivity index (χ1) is 16.5. The van der Waals surface area contributed by atoms with Crippen LogP contribution in [0.3, 0.4) is 0 Å². The Balaban J connectivity index is 1.32. The molecule has 0 bridgehead atoms. The van der Waals surface area contributed by atoms with Crippen molar-refractivity contribution in [2.45, 2.75) is 11.3 Å². The quantitative estimate of drug-likeness (QED) is 0.122. The molecule has 7 nitrogen and oxygen atoms in total. The molecule has 34 heavy (non-hydrogen) atoms. The van der Waals surface area contributed by atoms with Gasteiger partial charge in [0.2, 0.25) is 0 Å². The van der Waals surface area contributed by atoms with Crippen LogP contribution < -0.4 is 14.9 Å². The molecule has 0 aliphatic carbocycles. The highest BCUT2D eigenvalue weighted by molar-refractivity contribution is 8.01. The number of carbonyl (C=O) groups is 2. The Morgan fingerprint density at radius 1 is 1.09 bits per heavy atom. The fraction of sp³-hybridized carbons (Fsp3) is 0.120. The van der Waals surface area contributed by atoms with Gasteiger partial charge in [-0.2, -0.15) is 5.10 Å². The molecular formula is C25H21N3O4S2. The number of hydrazone groups is 1. The second kappa shape index (κ2) is 11.0. The number of rotatable bonds is 8. The Labute approximate surface area is 204 Å². The van der Waals surface area contributed by atoms with Gasteiger partial charge in [-0.15, -0.1) is 11.3 Å². The van der Waals surface area contributed by atoms with Gasteiger partial charge in [-0.05, 0) is 55.0 Å². The second-order valence-electron chi connectivity index (χ2n) is 7.20. The van der Waals surface area contributed by atoms with Crippen LogP contribution >= 0.6 is 23.1 Å². The number of amides is 1. The number of esters is 1. The van der Waals surface area contributed by atoms with E-state index in [4.69, 9.17) is 9.47 Å². The van der Waals surface area contributed by atoms with Crippen LogP contribution in [0.15, 0.2) is 76.2 Å². The lowest BCUT2D eigenvalue weighted by atomic mass is 10.1. The van der Waals surface area contributed by atoms with E-state index in [1.54, 1.807) is 47.7 Å². The monoisotopic (exact) mass is 491 g/mol. The zero-order valence-electron chi connectivity index (χ0n) is 18.5. The van der Waals surface area contributed by atoms with E-state index in [9.17, 15) is 9.59 Å². The van der Waals surface area contributed by atoms with E-state index >= 15 is 0 Å². The summed E-state index contributed by atoms with van der Waals surface area (Å²) in [5.74, 6) is 0.163. The van der Waals surface area contributed by atoms with Gasteiger partial charge in [0.05, 0.1) is 34.9 Å². The molecule has 1 heterocycles. The van der Waals surface area contributed by atoms with Gasteiger partial charge in [0.15, 0.2) is 15.8 Å². The first kappa shape index (κ1) is 23.5. The number of para-hydroxylation sites is 1. The van der Waals surface area contributed by atoms with E-state index < -0.39 is 5.97 Å². The Morgan fingerprint density at radius 3 is 2.74 bits per heavy atom. The zero-order valence-corrected chi connectivity index (χ0v) is 20.1. The summed E-state index contributed by atoms with van der Waals surface area (Å²) < 4.78 is 12.8. The van der Waals surface area contributed by atoms with Crippen LogP contribution in [0.25, 0.3) is 10.2 Å². The highest BCUT2D eigenvalue weighted by Gasteiger charge is 2.13. The zero-order chi connectivity index (χ0) is 23.9. The number of ether oxygens (including phenoxy) is 2. The van der Waals surface area contributed by atoms with Crippen molar-refractivity contribution in [3.63, 3.8) is 0 Å². The third-order valence-electron chi connectivity index (χ3n) is 4.65. The SMILES string of the molecule is COc1cc(/C=N\NC(=O)CSc2nc3ccccc3s2)ccc1OC(=O)c1cccc(C)c1. The predicted molar refractivity (Wildman–Crippen MR) is 135 cm³/mol. The smallest absolute Gasteiger partial charge is 0.343 e. The largest absolute Gasteiger partial charge is 0.493 e. The summed E-state index contributed by atoms with van der Waals surface area (Å²) in [5, 5.41) is 4.00. The van der Waals surface area contributed by atoms with Gasteiger partial charge in [0, 0.05) is 0 Å². The molecule has 0 aliphatic heterocycles. The lowest BCUT2D eigenvalue weighted by Crippen LogP contribution is -2.19. The van der Waals surface area contributed by atoms with Gasteiger partial charge in [0.25, 0.3) is 5.91 Å². The van der Waals surface area contributed by atoms with E-state index in [1.807, 2.05) is 37.3 Å². The molecular weight excluding hydrogens is 470 g/mol. The van der Waals surface area contributed by atoms with Crippen LogP contribution in [0.4, 0.5) is 0 Å². The molecule has 0 saturated heterocycles. The number of hydrogen-bond acceptors (Lipinski definition) is 8. The fourth-order valence-electron chi connectivity index (χ4n) is 3.03. The Morgan fingerprint density at radius 2 is 1.94 bits per heavy atom. The van der Waals surface area contributed by atoms with Crippen molar-refractivity contribution >= 4 is 51.4 Å². The molecule has 1 aromatic heterocycles. The van der Waals surface area contributed by atoms with E-state index in [1.165, 1.54) is 25.1 Å². The molecule has 9 heteroatoms. The lowest BCUT2D eigenvalue weighted by molar-refractivity contribution is -0.118. The highest BCUT2D eigenvalue weighted by Crippen LogP contribution is 2.30. The number of carbonyl (C=O) groups excluding carboxylic acids is 2. The summed E-state index contributed by atoms with van der Waals surface area (Å²) in [5.41, 5.74) is 5.53. The molecule has 0 unspecified atom stereocenters. The van der Waals surface area contributed by atoms with E-state index in [0.29, 0.717) is 22.6 Å². The Kier molecular flexibility index (Phi) is 7.56. The van der Waals surface area contributed by atoms with Crippen LogP contribution in [-0.2, 0) is 4.79 Å². The Hall–Kier alpha value is -3.69. The molecule has 0 radical (unpaired) electrons. The van der Waals surface area contributed by atoms with Gasteiger partial charge in [-0.25, -0.2) is 15.2 Å². The van der Waals surface area contributed by atoms with Crippen molar-refractivity contribution in [3.8, 4) is 11.5 Å². The maximum absolute atomic E-state index is 12.4. The third kappa shape index (κ3) is 6.00. The van der Waals surface area contributed by atoms with E-state index in [2.05, 4.69) is 15.5 Å². The van der Waals surface area contributed by atoms with Crippen LogP contribution in [0.1, 0.15) is 21.5 Å². The number of thioether (sulfide) groups is 1. The maximum atomic E-state index is 12.4. The molecule has 3 aromatic carbocycles. The van der Waals surface area contributed by atoms with E-state index in [0.717, 1.165) is 20.1 Å². The number of nitrogens with one attached hydrogen (secondary N) is 1. The van der Waals surface area contributed by atoms with Crippen LogP contribution in [-0.4, -0.2) is 35.9 Å². The second-order valence-corrected chi connectivity index (χ2v) is 9.45. The molecule has 1 N–H and O–H groups in total. The number of aromatic nitrogens is 1. The summed E-state index contributed by atoms with van der Waals surface area (Å²) >= 11 is 2.92. The molecule has 0 saturated carbocycles. The van der Waals surface area contributed by atoms with Gasteiger partial charge in [-0.3, -0.25) is 4.79 Å². The van der Waals surface area contributed by atoms with Crippen LogP contribution in [0.2, 0.25) is 0 Å². The maximum Gasteiger partial charge on any atom is 0.343 e. The van der Waals surface area contributed by atoms with Crippen molar-refractivity contribution in [1.29, 1.82) is 0 Å². The van der Waals surface area contributed by atoms with Crippen LogP contribution in [0, 0.1) is 6.92 Å². The predicted octanol–water partition coefficient (Wildman–Crippen LogP) is 5.07. The summed E-state index contributed by atoms with van der Waals surface area (Å²) in [4.78, 5) is 29.0. The number of methoxy groups -OCH3 is 1. The average Bonchev–Trinajstić information content (AvgIpc) is 3.26. The Bertz CT molecular complexity index is 1330. The molecule has 0 spiro atoms. The van der Waals surface area contributed by atoms with Crippen molar-refractivity contribution in [2.75, 3.05) is 12.9 Å². The van der Waals surface area contributed by atoms with Gasteiger partial charge >= 0.3 is 5.97 Å². The van der Waals surface area contributed by atoms with Crippen molar-refractivity contribution in [2.24, 2.45) is 5.10 Å². The average molecular weight is 492 g/mol. The lowest BCUT2D eigenvalue weighted by Gasteiger charge is -2.10. The summed E-state index contributed by atoms with van der Waals surface area (Å²) in [6, 6.07) is 20.0. The number of fused-ring (bicyclic) bond motifs is 1. The van der Waals surface area contributed by atoms with Gasteiger partial charge in [0.1, 0.15) is 0 Å². The number of benzene rings is 3. The van der Waals surface area contributed by atoms with Crippen molar-refractivity contribution < 1.29 is 19.1 Å². The van der Waals surface area contributed by atoms with Gasteiger partial charge < -0.3 is 9.47 Å². The summed E-state index contributed by atoms with van der Waals surface area (Å²) in [6.07, 6.45) is 1.49. The van der Waals surface area contributed by atoms with Crippen molar-refractivity contribution in [3.05, 3.63) is 83.4 Å². The molecule has 172 valence electrons. The first-order valence-electron chi connectivity index (χ1n) is 10.3. The molecule has 1 amide bonds. The normalized spacial score (nSPS) is 11.0. The molecule has 0 fully saturated rings. The standard InChI is InChI=1S/C25H21N3O4S2/c1-16-6-5-7-18(12-16)24(30)32-20-11-10-17(13-21(20)31-2)14-26-28-23(29)15-33-25-27-19-8-3-4-9-22(19)34-25/h3-14H,15H2,1-2H3,(H,28,29)/b26-14-. The fourth-order valence-corrected chi connectivity index (χ4v) is 4.89. The molecule has 0 atom stereocenters. The molecule has 0 aliphatic rings. The minimum absolute atomic E-state index is 0.203. The van der Waals surface area contributed by atoms with Gasteiger partial charge in [-0.1, -0.05) is 41.6 Å². The third-order valence-corrected chi connectivity index (χ3v) is 6.83. The number of thiazole rings is 1. The first-order valence-corrected chi connectivity index (χ1v) is 12.1. The summed E-state index contributed by atoms with van der Waals surface area (Å²) in [6.45, 7) is 1.91. The number of aryl methyl sites for hydroxylation is 1. The number of hydrogen-bond donors (Lipinski definition) is 1. The van der Waals surface area contributed by atoms with Crippen molar-refractivity contribution in [1.82, 2.24) is 10.4 Å². The van der Waals surface area contributed by atoms with Crippen LogP contribution in [0.5, 0.6) is 11.5 Å². The highest BCUT2D eigenvalue weighted by atomic mass is 32.2. The minimum Gasteiger partial charge on any atom is -0.493 e. The topological polar surface area (TPSA) is 89.9 Å². The molecule has 4 aromatic rings. The minimum atomic E-state index is -0.471.